The third-order valence-electron chi connectivity index (χ3n) is 3.94. The van der Waals surface area contributed by atoms with Crippen LogP contribution < -0.4 is 5.46 Å². The smallest absolute Gasteiger partial charge is 0.412 e. The van der Waals surface area contributed by atoms with E-state index in [1.165, 1.54) is 0 Å². The molecule has 0 radical (unpaired) electrons. The number of aromatic nitrogens is 1. The fourth-order valence-electron chi connectivity index (χ4n) is 2.33. The first-order valence-electron chi connectivity index (χ1n) is 6.90. The third kappa shape index (κ3) is 2.79. The van der Waals surface area contributed by atoms with Gasteiger partial charge in [-0.3, -0.25) is 4.98 Å². The van der Waals surface area contributed by atoms with Crippen molar-refractivity contribution in [1.29, 1.82) is 0 Å². The molecule has 2 heterocycles. The molecule has 6 heteroatoms. The Morgan fingerprint density at radius 3 is 2.15 bits per heavy atom. The molecule has 1 fully saturated rings. The normalized spacial score (nSPS) is 23.2. The van der Waals surface area contributed by atoms with E-state index in [1.807, 2.05) is 47.6 Å². The van der Waals surface area contributed by atoms with E-state index >= 15 is 0 Å². The topological polar surface area (TPSA) is 40.6 Å². The van der Waals surface area contributed by atoms with Crippen LogP contribution in [0, 0.1) is 0 Å². The maximum Gasteiger partial charge on any atom is 0.412 e. The maximum atomic E-state index is 6.26. The number of nitrogens with zero attached hydrogens (tertiary/aromatic N) is 1. The first-order chi connectivity index (χ1) is 9.08. The van der Waals surface area contributed by atoms with Gasteiger partial charge in [0.05, 0.1) is 0 Å². The van der Waals surface area contributed by atoms with Crippen LogP contribution in [0.2, 0.25) is 0 Å². The van der Waals surface area contributed by atoms with Crippen molar-refractivity contribution in [3.63, 3.8) is 0 Å². The van der Waals surface area contributed by atoms with Crippen molar-refractivity contribution >= 4 is 28.1 Å². The van der Waals surface area contributed by atoms with Gasteiger partial charge in [0.25, 0.3) is 0 Å². The minimum atomic E-state index is -2.01. The number of halogens is 1. The number of rotatable bonds is 3. The van der Waals surface area contributed by atoms with Gasteiger partial charge in [0.1, 0.15) is 0 Å². The molecule has 1 aliphatic rings. The second-order valence-corrected chi connectivity index (χ2v) is 7.44. The Labute approximate surface area is 129 Å². The Bertz CT molecular complexity index is 489. The summed E-state index contributed by atoms with van der Waals surface area (Å²) in [5.74, 6) is 0. The van der Waals surface area contributed by atoms with E-state index in [9.17, 15) is 0 Å². The first-order valence-corrected chi connectivity index (χ1v) is 7.70. The predicted octanol–water partition coefficient (Wildman–Crippen LogP) is 3.02. The Morgan fingerprint density at radius 1 is 1.15 bits per heavy atom. The van der Waals surface area contributed by atoms with Gasteiger partial charge in [-0.25, -0.2) is 0 Å². The van der Waals surface area contributed by atoms with Crippen molar-refractivity contribution in [2.75, 3.05) is 0 Å². The Kier molecular flexibility index (Phi) is 4.06. The zero-order chi connectivity index (χ0) is 15.2. The average molecular weight is 343 g/mol. The van der Waals surface area contributed by atoms with E-state index in [2.05, 4.69) is 20.9 Å². The fraction of sp³-hybridized carbons (Fsp3) is 0.643. The van der Waals surface area contributed by atoms with Gasteiger partial charge in [-0.05, 0) is 63.7 Å². The van der Waals surface area contributed by atoms with Crippen molar-refractivity contribution < 1.29 is 14.0 Å². The summed E-state index contributed by atoms with van der Waals surface area (Å²) in [7, 11) is 0. The molecule has 0 atom stereocenters. The lowest BCUT2D eigenvalue weighted by Crippen LogP contribution is -2.56. The summed E-state index contributed by atoms with van der Waals surface area (Å²) in [5.41, 5.74) is -0.0965. The molecular formula is C14H22BBrNO3-. The molecule has 0 amide bonds. The number of hydrogen-bond acceptors (Lipinski definition) is 4. The quantitative estimate of drug-likeness (QED) is 0.792. The molecule has 0 N–H and O–H groups in total. The van der Waals surface area contributed by atoms with Crippen LogP contribution in [0.15, 0.2) is 22.9 Å². The Balaban J connectivity index is 2.49. The molecule has 0 bridgehead atoms. The molecule has 1 saturated heterocycles. The summed E-state index contributed by atoms with van der Waals surface area (Å²) in [6.45, 7) is 10.0. The van der Waals surface area contributed by atoms with Crippen molar-refractivity contribution in [1.82, 2.24) is 4.98 Å². The minimum Gasteiger partial charge on any atom is -0.538 e. The molecule has 0 saturated carbocycles. The highest BCUT2D eigenvalue weighted by molar-refractivity contribution is 9.10. The summed E-state index contributed by atoms with van der Waals surface area (Å²) in [5, 5.41) is 0. The highest BCUT2D eigenvalue weighted by Crippen LogP contribution is 2.42. The van der Waals surface area contributed by atoms with Gasteiger partial charge in [-0.1, -0.05) is 6.07 Å². The average Bonchev–Trinajstić information content (AvgIpc) is 2.44. The van der Waals surface area contributed by atoms with Gasteiger partial charge < -0.3 is 14.0 Å². The lowest BCUT2D eigenvalue weighted by Gasteiger charge is -2.39. The van der Waals surface area contributed by atoms with E-state index in [4.69, 9.17) is 14.0 Å². The summed E-state index contributed by atoms with van der Waals surface area (Å²) in [6, 6.07) is 1.94. The molecule has 20 heavy (non-hydrogen) atoms. The van der Waals surface area contributed by atoms with Crippen LogP contribution in [-0.2, 0) is 14.0 Å². The SMILES string of the molecule is CC(C)O[B-]1(c2cncc(Br)c2)OC(C)(C)C(C)(C)O1. The Hall–Kier alpha value is -0.425. The van der Waals surface area contributed by atoms with Crippen LogP contribution in [-0.4, -0.2) is 29.0 Å². The van der Waals surface area contributed by atoms with Crippen molar-refractivity contribution in [3.05, 3.63) is 22.9 Å². The number of hydrogen-bond donors (Lipinski definition) is 0. The molecule has 4 nitrogen and oxygen atoms in total. The van der Waals surface area contributed by atoms with Crippen molar-refractivity contribution in [3.8, 4) is 0 Å². The van der Waals surface area contributed by atoms with Gasteiger partial charge >= 0.3 is 6.75 Å². The molecule has 2 rings (SSSR count). The Morgan fingerprint density at radius 2 is 1.70 bits per heavy atom. The maximum absolute atomic E-state index is 6.26. The third-order valence-corrected chi connectivity index (χ3v) is 4.37. The van der Waals surface area contributed by atoms with E-state index in [0.717, 1.165) is 9.94 Å². The van der Waals surface area contributed by atoms with E-state index in [0.29, 0.717) is 0 Å². The van der Waals surface area contributed by atoms with Gasteiger partial charge in [-0.15, -0.1) is 5.46 Å². The zero-order valence-corrected chi connectivity index (χ0v) is 14.5. The van der Waals surface area contributed by atoms with Crippen LogP contribution in [0.25, 0.3) is 0 Å². The largest absolute Gasteiger partial charge is 0.538 e. The minimum absolute atomic E-state index is 0.0151. The highest BCUT2D eigenvalue weighted by atomic mass is 79.9. The lowest BCUT2D eigenvalue weighted by atomic mass is 9.69. The fourth-order valence-corrected chi connectivity index (χ4v) is 2.72. The standard InChI is InChI=1S/C14H22BBrNO3/c1-10(2)18-15(11-7-12(16)9-17-8-11)19-13(3,4)14(5,6)20-15/h7-10H,1-6H3/q-1. The van der Waals surface area contributed by atoms with Crippen LogP contribution in [0.1, 0.15) is 41.5 Å². The summed E-state index contributed by atoms with van der Waals surface area (Å²) < 4.78 is 19.5. The predicted molar refractivity (Wildman–Crippen MR) is 83.9 cm³/mol. The van der Waals surface area contributed by atoms with Gasteiger partial charge in [0.15, 0.2) is 0 Å². The van der Waals surface area contributed by atoms with Gasteiger partial charge in [0.2, 0.25) is 0 Å². The molecule has 0 aliphatic carbocycles. The zero-order valence-electron chi connectivity index (χ0n) is 12.9. The van der Waals surface area contributed by atoms with Crippen LogP contribution >= 0.6 is 15.9 Å². The number of pyridine rings is 1. The molecule has 0 unspecified atom stereocenters. The summed E-state index contributed by atoms with van der Waals surface area (Å²) >= 11 is 3.44. The van der Waals surface area contributed by atoms with E-state index in [-0.39, 0.29) is 6.10 Å². The van der Waals surface area contributed by atoms with Gasteiger partial charge in [0, 0.05) is 28.0 Å². The van der Waals surface area contributed by atoms with Crippen molar-refractivity contribution in [2.45, 2.75) is 58.8 Å². The molecule has 0 spiro atoms. The van der Waals surface area contributed by atoms with Gasteiger partial charge in [-0.2, -0.15) is 0 Å². The lowest BCUT2D eigenvalue weighted by molar-refractivity contribution is 0.00578. The highest BCUT2D eigenvalue weighted by Gasteiger charge is 2.54. The van der Waals surface area contributed by atoms with E-state index < -0.39 is 18.0 Å². The summed E-state index contributed by atoms with van der Waals surface area (Å²) in [6.07, 6.45) is 3.46. The molecule has 1 aromatic rings. The van der Waals surface area contributed by atoms with Crippen molar-refractivity contribution in [2.24, 2.45) is 0 Å². The molecular weight excluding hydrogens is 321 g/mol. The van der Waals surface area contributed by atoms with Crippen LogP contribution in [0.5, 0.6) is 0 Å². The monoisotopic (exact) mass is 342 g/mol. The van der Waals surface area contributed by atoms with E-state index in [1.54, 1.807) is 12.4 Å². The second-order valence-electron chi connectivity index (χ2n) is 6.52. The van der Waals surface area contributed by atoms with Crippen LogP contribution in [0.3, 0.4) is 0 Å². The molecule has 0 aromatic carbocycles. The molecule has 112 valence electrons. The molecule has 1 aliphatic heterocycles. The first kappa shape index (κ1) is 16.0. The summed E-state index contributed by atoms with van der Waals surface area (Å²) in [4.78, 5) is 4.21. The van der Waals surface area contributed by atoms with Crippen LogP contribution in [0.4, 0.5) is 0 Å². The second kappa shape index (κ2) is 5.09. The molecule has 1 aromatic heterocycles.